The molecule has 50 valence electrons. The Labute approximate surface area is 57.0 Å². The monoisotopic (exact) mass is 122 g/mol. The molecule has 0 aromatic heterocycles. The highest BCUT2D eigenvalue weighted by atomic mass is 14.3. The van der Waals surface area contributed by atoms with Crippen LogP contribution in [0.2, 0.25) is 0 Å². The van der Waals surface area contributed by atoms with Gasteiger partial charge in [-0.15, -0.1) is 0 Å². The lowest BCUT2D eigenvalue weighted by Crippen LogP contribution is -2.20. The van der Waals surface area contributed by atoms with Crippen LogP contribution < -0.4 is 0 Å². The molecule has 0 nitrogen and oxygen atoms in total. The summed E-state index contributed by atoms with van der Waals surface area (Å²) in [5.41, 5.74) is 1.73. The van der Waals surface area contributed by atoms with E-state index in [1.54, 1.807) is 5.57 Å². The van der Waals surface area contributed by atoms with Crippen molar-refractivity contribution in [2.24, 2.45) is 11.8 Å². The van der Waals surface area contributed by atoms with Crippen molar-refractivity contribution in [1.82, 2.24) is 0 Å². The van der Waals surface area contributed by atoms with E-state index in [2.05, 4.69) is 13.0 Å². The Bertz CT molecular complexity index is 138. The molecule has 1 fully saturated rings. The Hall–Kier alpha value is -0.260. The van der Waals surface area contributed by atoms with Gasteiger partial charge in [0.1, 0.15) is 0 Å². The minimum Gasteiger partial charge on any atom is -0.0809 e. The fourth-order valence-corrected chi connectivity index (χ4v) is 1.85. The van der Waals surface area contributed by atoms with Crippen molar-refractivity contribution in [3.8, 4) is 0 Å². The lowest BCUT2D eigenvalue weighted by molar-refractivity contribution is 0.212. The number of hydrogen-bond acceptors (Lipinski definition) is 0. The van der Waals surface area contributed by atoms with Gasteiger partial charge in [0.2, 0.25) is 0 Å². The highest BCUT2D eigenvalue weighted by molar-refractivity contribution is 5.22. The Balaban J connectivity index is 1.70. The van der Waals surface area contributed by atoms with E-state index in [0.717, 1.165) is 11.8 Å². The highest BCUT2D eigenvalue weighted by Crippen LogP contribution is 2.40. The maximum Gasteiger partial charge on any atom is -0.0136 e. The molecule has 2 rings (SSSR count). The number of rotatable bonds is 2. The second-order valence-corrected chi connectivity index (χ2v) is 3.71. The van der Waals surface area contributed by atoms with E-state index in [0.29, 0.717) is 0 Å². The van der Waals surface area contributed by atoms with Crippen molar-refractivity contribution in [3.63, 3.8) is 0 Å². The minimum absolute atomic E-state index is 1.04. The Kier molecular flexibility index (Phi) is 1.14. The molecule has 0 saturated heterocycles. The summed E-state index contributed by atoms with van der Waals surface area (Å²) in [4.78, 5) is 0. The van der Waals surface area contributed by atoms with Gasteiger partial charge in [-0.05, 0) is 37.5 Å². The van der Waals surface area contributed by atoms with Gasteiger partial charge in [0.25, 0.3) is 0 Å². The van der Waals surface area contributed by atoms with E-state index in [-0.39, 0.29) is 0 Å². The molecule has 2 aliphatic carbocycles. The van der Waals surface area contributed by atoms with E-state index in [9.17, 15) is 0 Å². The van der Waals surface area contributed by atoms with Gasteiger partial charge in [-0.25, -0.2) is 0 Å². The van der Waals surface area contributed by atoms with Gasteiger partial charge in [0.05, 0.1) is 0 Å². The summed E-state index contributed by atoms with van der Waals surface area (Å²) in [5.74, 6) is 2.11. The molecule has 2 aliphatic rings. The molecule has 0 spiro atoms. The molecule has 0 aromatic rings. The highest BCUT2D eigenvalue weighted by Gasteiger charge is 2.27. The van der Waals surface area contributed by atoms with Crippen molar-refractivity contribution in [3.05, 3.63) is 11.6 Å². The standard InChI is InChI=1S/C9H14/c1-7-4-9(5-7)6-8-2-3-8/h2,7,9H,3-6H2,1H3. The Morgan fingerprint density at radius 3 is 2.67 bits per heavy atom. The molecule has 0 heteroatoms. The van der Waals surface area contributed by atoms with Crippen LogP contribution in [0.4, 0.5) is 0 Å². The summed E-state index contributed by atoms with van der Waals surface area (Å²) in [5, 5.41) is 0. The van der Waals surface area contributed by atoms with Crippen LogP contribution >= 0.6 is 0 Å². The molecule has 0 unspecified atom stereocenters. The molecule has 0 N–H and O–H groups in total. The van der Waals surface area contributed by atoms with Gasteiger partial charge in [-0.3, -0.25) is 0 Å². The van der Waals surface area contributed by atoms with Crippen molar-refractivity contribution < 1.29 is 0 Å². The third-order valence-corrected chi connectivity index (χ3v) is 2.52. The van der Waals surface area contributed by atoms with E-state index >= 15 is 0 Å². The first-order valence-corrected chi connectivity index (χ1v) is 4.02. The average Bonchev–Trinajstić information content (AvgIpc) is 2.45. The van der Waals surface area contributed by atoms with E-state index in [4.69, 9.17) is 0 Å². The molecule has 0 heterocycles. The summed E-state index contributed by atoms with van der Waals surface area (Å²) in [7, 11) is 0. The van der Waals surface area contributed by atoms with E-state index in [1.807, 2.05) is 0 Å². The van der Waals surface area contributed by atoms with Gasteiger partial charge < -0.3 is 0 Å². The molecule has 0 bridgehead atoms. The second kappa shape index (κ2) is 1.86. The third kappa shape index (κ3) is 1.17. The lowest BCUT2D eigenvalue weighted by Gasteiger charge is -2.32. The second-order valence-electron chi connectivity index (χ2n) is 3.71. The van der Waals surface area contributed by atoms with Crippen molar-refractivity contribution in [1.29, 1.82) is 0 Å². The maximum absolute atomic E-state index is 2.36. The van der Waals surface area contributed by atoms with Gasteiger partial charge in [-0.2, -0.15) is 0 Å². The summed E-state index contributed by atoms with van der Waals surface area (Å²) in [6.45, 7) is 2.36. The molecule has 1 saturated carbocycles. The van der Waals surface area contributed by atoms with Gasteiger partial charge >= 0.3 is 0 Å². The van der Waals surface area contributed by atoms with Crippen LogP contribution in [0.25, 0.3) is 0 Å². The van der Waals surface area contributed by atoms with Crippen LogP contribution in [0.15, 0.2) is 11.6 Å². The normalized spacial score (nSPS) is 39.4. The first-order valence-electron chi connectivity index (χ1n) is 4.02. The molecule has 0 atom stereocenters. The van der Waals surface area contributed by atoms with Crippen LogP contribution in [0.1, 0.15) is 32.6 Å². The Morgan fingerprint density at radius 2 is 2.22 bits per heavy atom. The fourth-order valence-electron chi connectivity index (χ4n) is 1.85. The van der Waals surface area contributed by atoms with Gasteiger partial charge in [-0.1, -0.05) is 18.6 Å². The topological polar surface area (TPSA) is 0 Å². The van der Waals surface area contributed by atoms with Crippen LogP contribution in [0.5, 0.6) is 0 Å². The summed E-state index contributed by atoms with van der Waals surface area (Å²) in [6.07, 6.45) is 8.13. The largest absolute Gasteiger partial charge is 0.0809 e. The summed E-state index contributed by atoms with van der Waals surface area (Å²) < 4.78 is 0. The zero-order valence-electron chi connectivity index (χ0n) is 6.06. The van der Waals surface area contributed by atoms with Crippen molar-refractivity contribution in [2.75, 3.05) is 0 Å². The molecule has 0 amide bonds. The first-order chi connectivity index (χ1) is 4.34. The molecular formula is C9H14. The quantitative estimate of drug-likeness (QED) is 0.494. The van der Waals surface area contributed by atoms with Crippen molar-refractivity contribution >= 4 is 0 Å². The number of hydrogen-bond donors (Lipinski definition) is 0. The van der Waals surface area contributed by atoms with Crippen LogP contribution in [-0.4, -0.2) is 0 Å². The molecule has 0 aliphatic heterocycles. The molecule has 9 heavy (non-hydrogen) atoms. The predicted molar refractivity (Wildman–Crippen MR) is 39.2 cm³/mol. The minimum atomic E-state index is 1.04. The van der Waals surface area contributed by atoms with E-state index in [1.165, 1.54) is 25.7 Å². The van der Waals surface area contributed by atoms with Gasteiger partial charge in [0, 0.05) is 0 Å². The lowest BCUT2D eigenvalue weighted by atomic mass is 9.74. The zero-order valence-corrected chi connectivity index (χ0v) is 6.06. The van der Waals surface area contributed by atoms with E-state index < -0.39 is 0 Å². The molecule has 0 radical (unpaired) electrons. The maximum atomic E-state index is 2.36. The first kappa shape index (κ1) is 5.52. The average molecular weight is 122 g/mol. The zero-order chi connectivity index (χ0) is 6.27. The number of allylic oxidation sites excluding steroid dienone is 2. The SMILES string of the molecule is CC1CC(CC2=CC2)C1. The smallest absolute Gasteiger partial charge is 0.0136 e. The predicted octanol–water partition coefficient (Wildman–Crippen LogP) is 2.75. The van der Waals surface area contributed by atoms with Crippen molar-refractivity contribution in [2.45, 2.75) is 32.6 Å². The Morgan fingerprint density at radius 1 is 1.56 bits per heavy atom. The van der Waals surface area contributed by atoms with Crippen LogP contribution in [-0.2, 0) is 0 Å². The third-order valence-electron chi connectivity index (χ3n) is 2.52. The molecule has 0 aromatic carbocycles. The fraction of sp³-hybridized carbons (Fsp3) is 0.778. The summed E-state index contributed by atoms with van der Waals surface area (Å²) in [6, 6.07) is 0. The molecular weight excluding hydrogens is 108 g/mol. The van der Waals surface area contributed by atoms with Gasteiger partial charge in [0.15, 0.2) is 0 Å². The summed E-state index contributed by atoms with van der Waals surface area (Å²) >= 11 is 0. The van der Waals surface area contributed by atoms with Crippen LogP contribution in [0.3, 0.4) is 0 Å². The van der Waals surface area contributed by atoms with Crippen LogP contribution in [0, 0.1) is 11.8 Å².